The molecule has 0 aromatic carbocycles. The van der Waals surface area contributed by atoms with Gasteiger partial charge in [-0.2, -0.15) is 0 Å². The summed E-state index contributed by atoms with van der Waals surface area (Å²) in [6.45, 7) is 2.92. The van der Waals surface area contributed by atoms with E-state index in [1.807, 2.05) is 0 Å². The molecule has 21 heavy (non-hydrogen) atoms. The SMILES string of the molecule is CCOC(=O)C1CCCN(C(=O)CC2NC(=O)NC2=O)C1. The summed E-state index contributed by atoms with van der Waals surface area (Å²) < 4.78 is 4.98. The lowest BCUT2D eigenvalue weighted by atomic mass is 9.97. The number of esters is 1. The molecule has 2 rings (SSSR count). The first kappa shape index (κ1) is 15.3. The van der Waals surface area contributed by atoms with E-state index in [0.717, 1.165) is 6.42 Å². The average molecular weight is 297 g/mol. The highest BCUT2D eigenvalue weighted by Gasteiger charge is 2.35. The van der Waals surface area contributed by atoms with E-state index in [1.165, 1.54) is 0 Å². The number of hydrogen-bond donors (Lipinski definition) is 2. The van der Waals surface area contributed by atoms with Crippen LogP contribution in [0.15, 0.2) is 0 Å². The van der Waals surface area contributed by atoms with Gasteiger partial charge in [-0.15, -0.1) is 0 Å². The van der Waals surface area contributed by atoms with E-state index in [-0.39, 0.29) is 24.2 Å². The van der Waals surface area contributed by atoms with Crippen LogP contribution in [0.3, 0.4) is 0 Å². The van der Waals surface area contributed by atoms with Crippen molar-refractivity contribution in [1.82, 2.24) is 15.5 Å². The highest BCUT2D eigenvalue weighted by Crippen LogP contribution is 2.19. The molecule has 0 spiro atoms. The Balaban J connectivity index is 1.88. The Morgan fingerprint density at radius 2 is 2.14 bits per heavy atom. The van der Waals surface area contributed by atoms with Gasteiger partial charge in [0.05, 0.1) is 18.9 Å². The van der Waals surface area contributed by atoms with Crippen LogP contribution < -0.4 is 10.6 Å². The number of carbonyl (C=O) groups is 4. The number of nitrogens with one attached hydrogen (secondary N) is 2. The van der Waals surface area contributed by atoms with Gasteiger partial charge in [-0.05, 0) is 19.8 Å². The van der Waals surface area contributed by atoms with Crippen LogP contribution in [0.2, 0.25) is 0 Å². The zero-order valence-electron chi connectivity index (χ0n) is 11.9. The first-order valence-corrected chi connectivity index (χ1v) is 7.07. The zero-order valence-corrected chi connectivity index (χ0v) is 11.9. The molecule has 2 aliphatic heterocycles. The van der Waals surface area contributed by atoms with Gasteiger partial charge in [0.25, 0.3) is 5.91 Å². The van der Waals surface area contributed by atoms with Crippen molar-refractivity contribution in [3.05, 3.63) is 0 Å². The molecule has 2 heterocycles. The van der Waals surface area contributed by atoms with Gasteiger partial charge in [0.2, 0.25) is 5.91 Å². The van der Waals surface area contributed by atoms with Crippen molar-refractivity contribution in [1.29, 1.82) is 0 Å². The minimum atomic E-state index is -0.826. The molecular formula is C13H19N3O5. The molecule has 8 heteroatoms. The Morgan fingerprint density at radius 3 is 2.76 bits per heavy atom. The van der Waals surface area contributed by atoms with E-state index in [4.69, 9.17) is 4.74 Å². The number of hydrogen-bond acceptors (Lipinski definition) is 5. The molecule has 8 nitrogen and oxygen atoms in total. The molecule has 0 aliphatic carbocycles. The average Bonchev–Trinajstić information content (AvgIpc) is 2.77. The Hall–Kier alpha value is -2.12. The number of likely N-dealkylation sites (tertiary alicyclic amines) is 1. The summed E-state index contributed by atoms with van der Waals surface area (Å²) in [7, 11) is 0. The van der Waals surface area contributed by atoms with E-state index >= 15 is 0 Å². The molecule has 116 valence electrons. The van der Waals surface area contributed by atoms with E-state index in [2.05, 4.69) is 10.6 Å². The molecule has 0 aromatic heterocycles. The molecule has 2 aliphatic rings. The van der Waals surface area contributed by atoms with Crippen molar-refractivity contribution < 1.29 is 23.9 Å². The Labute approximate surface area is 122 Å². The smallest absolute Gasteiger partial charge is 0.322 e. The number of amides is 4. The number of piperidine rings is 1. The van der Waals surface area contributed by atoms with E-state index in [1.54, 1.807) is 11.8 Å². The van der Waals surface area contributed by atoms with Gasteiger partial charge in [-0.25, -0.2) is 4.79 Å². The van der Waals surface area contributed by atoms with Gasteiger partial charge in [0.15, 0.2) is 0 Å². The first-order chi connectivity index (χ1) is 10.0. The summed E-state index contributed by atoms with van der Waals surface area (Å²) in [5.41, 5.74) is 0. The summed E-state index contributed by atoms with van der Waals surface area (Å²) in [5.74, 6) is -1.34. The fraction of sp³-hybridized carbons (Fsp3) is 0.692. The Morgan fingerprint density at radius 1 is 1.38 bits per heavy atom. The zero-order chi connectivity index (χ0) is 15.4. The number of imide groups is 1. The second kappa shape index (κ2) is 6.55. The van der Waals surface area contributed by atoms with Crippen molar-refractivity contribution in [3.8, 4) is 0 Å². The minimum absolute atomic E-state index is 0.0902. The van der Waals surface area contributed by atoms with E-state index in [9.17, 15) is 19.2 Å². The van der Waals surface area contributed by atoms with Crippen LogP contribution in [-0.2, 0) is 19.1 Å². The predicted molar refractivity (Wildman–Crippen MR) is 71.0 cm³/mol. The summed E-state index contributed by atoms with van der Waals surface area (Å²) in [6.07, 6.45) is 1.33. The second-order valence-corrected chi connectivity index (χ2v) is 5.15. The van der Waals surface area contributed by atoms with Crippen molar-refractivity contribution in [3.63, 3.8) is 0 Å². The van der Waals surface area contributed by atoms with Crippen molar-refractivity contribution >= 4 is 23.8 Å². The molecule has 2 atom stereocenters. The predicted octanol–water partition coefficient (Wildman–Crippen LogP) is -0.614. The van der Waals surface area contributed by atoms with Crippen molar-refractivity contribution in [2.45, 2.75) is 32.2 Å². The first-order valence-electron chi connectivity index (χ1n) is 7.07. The fourth-order valence-electron chi connectivity index (χ4n) is 2.56. The highest BCUT2D eigenvalue weighted by atomic mass is 16.5. The molecule has 2 saturated heterocycles. The number of ether oxygens (including phenoxy) is 1. The molecular weight excluding hydrogens is 278 g/mol. The van der Waals surface area contributed by atoms with Gasteiger partial charge >= 0.3 is 12.0 Å². The van der Waals surface area contributed by atoms with Crippen LogP contribution in [0.25, 0.3) is 0 Å². The molecule has 0 aromatic rings. The molecule has 0 bridgehead atoms. The quantitative estimate of drug-likeness (QED) is 0.532. The number of urea groups is 1. The Kier molecular flexibility index (Phi) is 4.77. The van der Waals surface area contributed by atoms with Crippen molar-refractivity contribution in [2.75, 3.05) is 19.7 Å². The largest absolute Gasteiger partial charge is 0.466 e. The molecule has 0 radical (unpaired) electrons. The van der Waals surface area contributed by atoms with Crippen LogP contribution in [0.5, 0.6) is 0 Å². The topological polar surface area (TPSA) is 105 Å². The minimum Gasteiger partial charge on any atom is -0.466 e. The third-order valence-electron chi connectivity index (χ3n) is 3.63. The lowest BCUT2D eigenvalue weighted by molar-refractivity contribution is -0.151. The Bertz CT molecular complexity index is 465. The second-order valence-electron chi connectivity index (χ2n) is 5.15. The summed E-state index contributed by atoms with van der Waals surface area (Å²) in [5, 5.41) is 4.47. The van der Waals surface area contributed by atoms with E-state index < -0.39 is 18.0 Å². The van der Waals surface area contributed by atoms with Crippen LogP contribution in [-0.4, -0.2) is 54.5 Å². The molecule has 2 unspecified atom stereocenters. The van der Waals surface area contributed by atoms with Crippen LogP contribution >= 0.6 is 0 Å². The lowest BCUT2D eigenvalue weighted by Gasteiger charge is -2.32. The number of carbonyl (C=O) groups excluding carboxylic acids is 4. The molecule has 4 amide bonds. The normalized spacial score (nSPS) is 25.3. The van der Waals surface area contributed by atoms with Gasteiger partial charge in [0, 0.05) is 13.1 Å². The van der Waals surface area contributed by atoms with Crippen LogP contribution in [0, 0.1) is 5.92 Å². The third kappa shape index (κ3) is 3.71. The third-order valence-corrected chi connectivity index (χ3v) is 3.63. The van der Waals surface area contributed by atoms with Gasteiger partial charge in [-0.1, -0.05) is 0 Å². The maximum atomic E-state index is 12.2. The van der Waals surface area contributed by atoms with Gasteiger partial charge < -0.3 is 15.0 Å². The maximum absolute atomic E-state index is 12.2. The number of nitrogens with zero attached hydrogens (tertiary/aromatic N) is 1. The van der Waals surface area contributed by atoms with Gasteiger partial charge in [0.1, 0.15) is 6.04 Å². The van der Waals surface area contributed by atoms with Crippen LogP contribution in [0.1, 0.15) is 26.2 Å². The number of rotatable bonds is 4. The summed E-state index contributed by atoms with van der Waals surface area (Å²) >= 11 is 0. The van der Waals surface area contributed by atoms with Gasteiger partial charge in [-0.3, -0.25) is 19.7 Å². The van der Waals surface area contributed by atoms with E-state index in [0.29, 0.717) is 26.1 Å². The lowest BCUT2D eigenvalue weighted by Crippen LogP contribution is -2.45. The molecule has 2 fully saturated rings. The standard InChI is InChI=1S/C13H19N3O5/c1-2-21-12(19)8-4-3-5-16(7-8)10(17)6-9-11(18)15-13(20)14-9/h8-9H,2-7H2,1H3,(H2,14,15,18,20). The monoisotopic (exact) mass is 297 g/mol. The summed E-state index contributed by atoms with van der Waals surface area (Å²) in [4.78, 5) is 47.9. The van der Waals surface area contributed by atoms with Crippen LogP contribution in [0.4, 0.5) is 4.79 Å². The maximum Gasteiger partial charge on any atom is 0.322 e. The molecule has 2 N–H and O–H groups in total. The summed E-state index contributed by atoms with van der Waals surface area (Å²) in [6, 6.07) is -1.41. The fourth-order valence-corrected chi connectivity index (χ4v) is 2.56. The van der Waals surface area contributed by atoms with Crippen molar-refractivity contribution in [2.24, 2.45) is 5.92 Å². The molecule has 0 saturated carbocycles. The highest BCUT2D eigenvalue weighted by molar-refractivity contribution is 6.05.